The van der Waals surface area contributed by atoms with Gasteiger partial charge in [-0.25, -0.2) is 9.97 Å². The van der Waals surface area contributed by atoms with E-state index in [9.17, 15) is 13.2 Å². The maximum Gasteiger partial charge on any atom is 0.416 e. The van der Waals surface area contributed by atoms with Crippen LogP contribution >= 0.6 is 11.6 Å². The zero-order valence-corrected chi connectivity index (χ0v) is 10.0. The highest BCUT2D eigenvalue weighted by Crippen LogP contribution is 2.32. The Bertz CT molecular complexity index is 596. The minimum atomic E-state index is -4.42. The lowest BCUT2D eigenvalue weighted by Crippen LogP contribution is -2.11. The summed E-state index contributed by atoms with van der Waals surface area (Å²) in [6.07, 6.45) is -4.42. The van der Waals surface area contributed by atoms with Gasteiger partial charge in [-0.05, 0) is 25.1 Å². The number of halogens is 4. The Morgan fingerprint density at radius 1 is 1.28 bits per heavy atom. The second-order valence-corrected chi connectivity index (χ2v) is 4.25. The lowest BCUT2D eigenvalue weighted by Gasteiger charge is -2.10. The zero-order chi connectivity index (χ0) is 13.5. The summed E-state index contributed by atoms with van der Waals surface area (Å²) in [5.74, 6) is 0.215. The zero-order valence-electron chi connectivity index (χ0n) is 9.29. The van der Waals surface area contributed by atoms with E-state index < -0.39 is 17.8 Å². The van der Waals surface area contributed by atoms with Crippen LogP contribution in [0.25, 0.3) is 10.9 Å². The molecule has 0 aliphatic carbocycles. The number of alkyl halides is 3. The minimum Gasteiger partial charge on any atom is -0.322 e. The molecule has 96 valence electrons. The van der Waals surface area contributed by atoms with Gasteiger partial charge in [0.2, 0.25) is 0 Å². The van der Waals surface area contributed by atoms with Crippen LogP contribution < -0.4 is 5.73 Å². The van der Waals surface area contributed by atoms with Crippen LogP contribution in [0, 0.1) is 0 Å². The van der Waals surface area contributed by atoms with Crippen molar-refractivity contribution >= 4 is 22.5 Å². The third-order valence-electron chi connectivity index (χ3n) is 2.40. The fourth-order valence-corrected chi connectivity index (χ4v) is 1.73. The standard InChI is InChI=1S/C11H9ClF3N3/c1-5(16)10-17-8-4-6(11(13,14)15)2-3-7(8)9(12)18-10/h2-5H,16H2,1H3. The Hall–Kier alpha value is -1.40. The van der Waals surface area contributed by atoms with Crippen molar-refractivity contribution in [3.05, 3.63) is 34.7 Å². The number of hydrogen-bond donors (Lipinski definition) is 1. The number of nitrogens with two attached hydrogens (primary N) is 1. The van der Waals surface area contributed by atoms with E-state index in [0.717, 1.165) is 12.1 Å². The molecular formula is C11H9ClF3N3. The molecule has 0 fully saturated rings. The molecule has 1 aromatic heterocycles. The van der Waals surface area contributed by atoms with Gasteiger partial charge in [0.1, 0.15) is 11.0 Å². The monoisotopic (exact) mass is 275 g/mol. The SMILES string of the molecule is CC(N)c1nc(Cl)c2ccc(C(F)(F)F)cc2n1. The molecule has 1 heterocycles. The Balaban J connectivity index is 2.68. The molecule has 3 nitrogen and oxygen atoms in total. The van der Waals surface area contributed by atoms with Gasteiger partial charge in [-0.15, -0.1) is 0 Å². The molecule has 0 saturated heterocycles. The van der Waals surface area contributed by atoms with Crippen molar-refractivity contribution in [2.45, 2.75) is 19.1 Å². The molecule has 1 atom stereocenters. The van der Waals surface area contributed by atoms with E-state index in [1.165, 1.54) is 6.07 Å². The second-order valence-electron chi connectivity index (χ2n) is 3.89. The summed E-state index contributed by atoms with van der Waals surface area (Å²) in [6.45, 7) is 1.63. The number of nitrogens with zero attached hydrogens (tertiary/aromatic N) is 2. The maximum absolute atomic E-state index is 12.6. The van der Waals surface area contributed by atoms with Crippen molar-refractivity contribution in [2.24, 2.45) is 5.73 Å². The van der Waals surface area contributed by atoms with Crippen LogP contribution in [0.1, 0.15) is 24.4 Å². The van der Waals surface area contributed by atoms with Crippen LogP contribution in [0.15, 0.2) is 18.2 Å². The number of fused-ring (bicyclic) bond motifs is 1. The fraction of sp³-hybridized carbons (Fsp3) is 0.273. The summed E-state index contributed by atoms with van der Waals surface area (Å²) in [4.78, 5) is 7.93. The van der Waals surface area contributed by atoms with E-state index in [2.05, 4.69) is 9.97 Å². The lowest BCUT2D eigenvalue weighted by molar-refractivity contribution is -0.137. The summed E-state index contributed by atoms with van der Waals surface area (Å²) in [5, 5.41) is 0.468. The summed E-state index contributed by atoms with van der Waals surface area (Å²) >= 11 is 5.88. The predicted molar refractivity (Wildman–Crippen MR) is 62.2 cm³/mol. The molecule has 0 aliphatic heterocycles. The van der Waals surface area contributed by atoms with E-state index >= 15 is 0 Å². The molecule has 0 amide bonds. The summed E-state index contributed by atoms with van der Waals surface area (Å²) in [6, 6.07) is 2.64. The van der Waals surface area contributed by atoms with Crippen molar-refractivity contribution in [1.29, 1.82) is 0 Å². The molecule has 0 radical (unpaired) electrons. The third-order valence-corrected chi connectivity index (χ3v) is 2.69. The van der Waals surface area contributed by atoms with Gasteiger partial charge in [0.15, 0.2) is 0 Å². The fourth-order valence-electron chi connectivity index (χ4n) is 1.49. The minimum absolute atomic E-state index is 0.0982. The smallest absolute Gasteiger partial charge is 0.322 e. The molecule has 0 bridgehead atoms. The summed E-state index contributed by atoms with van der Waals surface area (Å²) < 4.78 is 37.7. The van der Waals surface area contributed by atoms with Crippen molar-refractivity contribution in [3.8, 4) is 0 Å². The topological polar surface area (TPSA) is 51.8 Å². The Morgan fingerprint density at radius 3 is 2.50 bits per heavy atom. The van der Waals surface area contributed by atoms with Crippen LogP contribution in [0.5, 0.6) is 0 Å². The van der Waals surface area contributed by atoms with Crippen molar-refractivity contribution in [3.63, 3.8) is 0 Å². The predicted octanol–water partition coefficient (Wildman–Crippen LogP) is 3.32. The highest BCUT2D eigenvalue weighted by molar-refractivity contribution is 6.34. The number of hydrogen-bond acceptors (Lipinski definition) is 3. The van der Waals surface area contributed by atoms with Crippen molar-refractivity contribution in [2.75, 3.05) is 0 Å². The molecule has 1 unspecified atom stereocenters. The van der Waals surface area contributed by atoms with Crippen molar-refractivity contribution < 1.29 is 13.2 Å². The van der Waals surface area contributed by atoms with Gasteiger partial charge in [-0.1, -0.05) is 11.6 Å². The molecule has 7 heteroatoms. The lowest BCUT2D eigenvalue weighted by atomic mass is 10.1. The van der Waals surface area contributed by atoms with Gasteiger partial charge >= 0.3 is 6.18 Å². The van der Waals surface area contributed by atoms with Gasteiger partial charge < -0.3 is 5.73 Å². The average molecular weight is 276 g/mol. The number of aromatic nitrogens is 2. The van der Waals surface area contributed by atoms with Crippen LogP contribution in [0.3, 0.4) is 0 Å². The van der Waals surface area contributed by atoms with Gasteiger partial charge in [-0.2, -0.15) is 13.2 Å². The largest absolute Gasteiger partial charge is 0.416 e. The Labute approximate surface area is 106 Å². The van der Waals surface area contributed by atoms with E-state index in [4.69, 9.17) is 17.3 Å². The average Bonchev–Trinajstić information content (AvgIpc) is 2.26. The third kappa shape index (κ3) is 2.39. The quantitative estimate of drug-likeness (QED) is 0.812. The normalized spacial score (nSPS) is 13.9. The molecular weight excluding hydrogens is 267 g/mol. The van der Waals surface area contributed by atoms with Gasteiger partial charge in [-0.3, -0.25) is 0 Å². The first kappa shape index (κ1) is 13.0. The molecule has 1 aromatic carbocycles. The first-order chi connectivity index (χ1) is 8.29. The highest BCUT2D eigenvalue weighted by Gasteiger charge is 2.30. The molecule has 2 rings (SSSR count). The van der Waals surface area contributed by atoms with E-state index in [1.54, 1.807) is 6.92 Å². The Kier molecular flexibility index (Phi) is 3.16. The molecule has 0 spiro atoms. The summed E-state index contributed by atoms with van der Waals surface area (Å²) in [7, 11) is 0. The van der Waals surface area contributed by atoms with Crippen LogP contribution in [-0.2, 0) is 6.18 Å². The highest BCUT2D eigenvalue weighted by atomic mass is 35.5. The van der Waals surface area contributed by atoms with Crippen molar-refractivity contribution in [1.82, 2.24) is 9.97 Å². The molecule has 0 saturated carbocycles. The van der Waals surface area contributed by atoms with Gasteiger partial charge in [0.05, 0.1) is 17.1 Å². The van der Waals surface area contributed by atoms with Crippen LogP contribution in [0.2, 0.25) is 5.15 Å². The number of rotatable bonds is 1. The number of benzene rings is 1. The molecule has 0 aliphatic rings. The van der Waals surface area contributed by atoms with Gasteiger partial charge in [0, 0.05) is 5.39 Å². The first-order valence-electron chi connectivity index (χ1n) is 5.09. The summed E-state index contributed by atoms with van der Waals surface area (Å²) in [5.41, 5.74) is 4.95. The van der Waals surface area contributed by atoms with Gasteiger partial charge in [0.25, 0.3) is 0 Å². The second kappa shape index (κ2) is 4.37. The molecule has 2 aromatic rings. The Morgan fingerprint density at radius 2 is 1.94 bits per heavy atom. The van der Waals surface area contributed by atoms with Crippen LogP contribution in [-0.4, -0.2) is 9.97 Å². The van der Waals surface area contributed by atoms with E-state index in [0.29, 0.717) is 5.39 Å². The van der Waals surface area contributed by atoms with E-state index in [1.807, 2.05) is 0 Å². The maximum atomic E-state index is 12.6. The van der Waals surface area contributed by atoms with E-state index in [-0.39, 0.29) is 16.5 Å². The first-order valence-corrected chi connectivity index (χ1v) is 5.47. The molecule has 2 N–H and O–H groups in total. The van der Waals surface area contributed by atoms with Crippen LogP contribution in [0.4, 0.5) is 13.2 Å². The molecule has 18 heavy (non-hydrogen) atoms.